The van der Waals surface area contributed by atoms with E-state index >= 15 is 0 Å². The van der Waals surface area contributed by atoms with Crippen LogP contribution in [0.1, 0.15) is 52.9 Å². The molecule has 1 aliphatic rings. The number of alkyl halides is 1. The van der Waals surface area contributed by atoms with E-state index in [9.17, 15) is 0 Å². The molecule has 2 nitrogen and oxygen atoms in total. The number of hydrogen-bond donors (Lipinski definition) is 0. The van der Waals surface area contributed by atoms with Crippen molar-refractivity contribution < 1.29 is 9.47 Å². The van der Waals surface area contributed by atoms with Crippen LogP contribution in [0.4, 0.5) is 0 Å². The predicted molar refractivity (Wildman–Crippen MR) is 75.8 cm³/mol. The van der Waals surface area contributed by atoms with Gasteiger partial charge in [0.1, 0.15) is 0 Å². The van der Waals surface area contributed by atoms with Gasteiger partial charge in [-0.15, -0.1) is 0 Å². The minimum atomic E-state index is -0.0756. The second-order valence-corrected chi connectivity index (χ2v) is 6.64. The molecule has 0 bridgehead atoms. The van der Waals surface area contributed by atoms with E-state index in [1.807, 2.05) is 0 Å². The van der Waals surface area contributed by atoms with Crippen molar-refractivity contribution in [3.05, 3.63) is 0 Å². The highest BCUT2D eigenvalue weighted by Crippen LogP contribution is 2.36. The monoisotopic (exact) mass is 306 g/mol. The first kappa shape index (κ1) is 15.5. The molecule has 102 valence electrons. The summed E-state index contributed by atoms with van der Waals surface area (Å²) in [4.78, 5) is 0. The van der Waals surface area contributed by atoms with Gasteiger partial charge in [-0.25, -0.2) is 0 Å². The Bertz CT molecular complexity index is 230. The van der Waals surface area contributed by atoms with Gasteiger partial charge in [-0.3, -0.25) is 0 Å². The first-order chi connectivity index (χ1) is 7.93. The van der Waals surface area contributed by atoms with E-state index in [0.29, 0.717) is 0 Å². The standard InChI is InChI=1S/C14H27BrO2/c1-12-6-5-7-14(10-12,11-15)17-9-8-13(2,3)16-4/h12H,5-11H2,1-4H3. The Labute approximate surface area is 115 Å². The van der Waals surface area contributed by atoms with Crippen LogP contribution >= 0.6 is 15.9 Å². The summed E-state index contributed by atoms with van der Waals surface area (Å²) in [5.41, 5.74) is -0.00469. The molecule has 0 heterocycles. The highest BCUT2D eigenvalue weighted by Gasteiger charge is 2.35. The van der Waals surface area contributed by atoms with E-state index in [0.717, 1.165) is 24.3 Å². The van der Waals surface area contributed by atoms with Gasteiger partial charge in [0.05, 0.1) is 17.8 Å². The lowest BCUT2D eigenvalue weighted by atomic mass is 9.80. The van der Waals surface area contributed by atoms with Crippen LogP contribution in [0.3, 0.4) is 0 Å². The molecule has 0 aromatic heterocycles. The first-order valence-corrected chi connectivity index (χ1v) is 7.80. The maximum Gasteiger partial charge on any atom is 0.0781 e. The lowest BCUT2D eigenvalue weighted by Crippen LogP contribution is -2.40. The summed E-state index contributed by atoms with van der Waals surface area (Å²) in [6, 6.07) is 0. The average molecular weight is 307 g/mol. The highest BCUT2D eigenvalue weighted by atomic mass is 79.9. The van der Waals surface area contributed by atoms with Crippen LogP contribution in [0.5, 0.6) is 0 Å². The number of hydrogen-bond acceptors (Lipinski definition) is 2. The Kier molecular flexibility index (Phi) is 5.94. The molecule has 0 radical (unpaired) electrons. The minimum absolute atomic E-state index is 0.0709. The van der Waals surface area contributed by atoms with E-state index in [2.05, 4.69) is 36.7 Å². The molecule has 1 aliphatic carbocycles. The highest BCUT2D eigenvalue weighted by molar-refractivity contribution is 9.09. The molecule has 1 saturated carbocycles. The summed E-state index contributed by atoms with van der Waals surface area (Å²) < 4.78 is 11.6. The summed E-state index contributed by atoms with van der Waals surface area (Å²) in [6.45, 7) is 7.35. The van der Waals surface area contributed by atoms with Gasteiger partial charge in [0, 0.05) is 12.4 Å². The molecular weight excluding hydrogens is 280 g/mol. The second kappa shape index (κ2) is 6.53. The normalized spacial score (nSPS) is 30.5. The predicted octanol–water partition coefficient (Wildman–Crippen LogP) is 4.16. The molecule has 2 atom stereocenters. The van der Waals surface area contributed by atoms with E-state index in [-0.39, 0.29) is 11.2 Å². The molecule has 3 heteroatoms. The molecule has 2 unspecified atom stereocenters. The zero-order chi connectivity index (χ0) is 12.9. The van der Waals surface area contributed by atoms with Crippen molar-refractivity contribution >= 4 is 15.9 Å². The molecule has 0 spiro atoms. The fraction of sp³-hybridized carbons (Fsp3) is 1.00. The van der Waals surface area contributed by atoms with Crippen LogP contribution < -0.4 is 0 Å². The van der Waals surface area contributed by atoms with Gasteiger partial charge in [0.25, 0.3) is 0 Å². The lowest BCUT2D eigenvalue weighted by Gasteiger charge is -2.39. The molecule has 1 rings (SSSR count). The third kappa shape index (κ3) is 4.88. The molecule has 17 heavy (non-hydrogen) atoms. The zero-order valence-corrected chi connectivity index (χ0v) is 13.3. The number of halogens is 1. The Morgan fingerprint density at radius 3 is 2.65 bits per heavy atom. The summed E-state index contributed by atoms with van der Waals surface area (Å²) in [5, 5.41) is 0.956. The summed E-state index contributed by atoms with van der Waals surface area (Å²) in [6.07, 6.45) is 5.97. The van der Waals surface area contributed by atoms with E-state index in [1.165, 1.54) is 25.7 Å². The zero-order valence-electron chi connectivity index (χ0n) is 11.7. The Balaban J connectivity index is 2.41. The molecule has 0 saturated heterocycles. The fourth-order valence-corrected chi connectivity index (χ4v) is 3.19. The number of rotatable bonds is 6. The van der Waals surface area contributed by atoms with Crippen molar-refractivity contribution in [2.75, 3.05) is 19.0 Å². The molecular formula is C14H27BrO2. The third-order valence-corrected chi connectivity index (χ3v) is 4.98. The van der Waals surface area contributed by atoms with Crippen LogP contribution in [0, 0.1) is 5.92 Å². The van der Waals surface area contributed by atoms with Gasteiger partial charge < -0.3 is 9.47 Å². The SMILES string of the molecule is COC(C)(C)CCOC1(CBr)CCCC(C)C1. The van der Waals surface area contributed by atoms with E-state index < -0.39 is 0 Å². The van der Waals surface area contributed by atoms with Gasteiger partial charge >= 0.3 is 0 Å². The Morgan fingerprint density at radius 2 is 2.12 bits per heavy atom. The quantitative estimate of drug-likeness (QED) is 0.686. The van der Waals surface area contributed by atoms with Gasteiger partial charge in [0.2, 0.25) is 0 Å². The Morgan fingerprint density at radius 1 is 1.41 bits per heavy atom. The van der Waals surface area contributed by atoms with E-state index in [4.69, 9.17) is 9.47 Å². The van der Waals surface area contributed by atoms with E-state index in [1.54, 1.807) is 7.11 Å². The molecule has 0 amide bonds. The van der Waals surface area contributed by atoms with Gasteiger partial charge in [-0.1, -0.05) is 35.7 Å². The minimum Gasteiger partial charge on any atom is -0.379 e. The first-order valence-electron chi connectivity index (χ1n) is 6.68. The fourth-order valence-electron chi connectivity index (χ4n) is 2.52. The van der Waals surface area contributed by atoms with Crippen LogP contribution in [-0.4, -0.2) is 30.2 Å². The topological polar surface area (TPSA) is 18.5 Å². The van der Waals surface area contributed by atoms with Crippen molar-refractivity contribution in [2.24, 2.45) is 5.92 Å². The second-order valence-electron chi connectivity index (χ2n) is 6.08. The molecule has 0 aromatic rings. The summed E-state index contributed by atoms with van der Waals surface area (Å²) in [7, 11) is 1.77. The molecule has 0 N–H and O–H groups in total. The summed E-state index contributed by atoms with van der Waals surface area (Å²) >= 11 is 3.64. The van der Waals surface area contributed by atoms with Crippen molar-refractivity contribution in [1.29, 1.82) is 0 Å². The van der Waals surface area contributed by atoms with Gasteiger partial charge in [0.15, 0.2) is 0 Å². The van der Waals surface area contributed by atoms with Crippen LogP contribution in [0.15, 0.2) is 0 Å². The third-order valence-electron chi connectivity index (χ3n) is 3.96. The number of methoxy groups -OCH3 is 1. The van der Waals surface area contributed by atoms with Crippen molar-refractivity contribution in [3.63, 3.8) is 0 Å². The lowest BCUT2D eigenvalue weighted by molar-refractivity contribution is -0.0862. The van der Waals surface area contributed by atoms with Crippen LogP contribution in [-0.2, 0) is 9.47 Å². The Hall–Kier alpha value is 0.400. The summed E-state index contributed by atoms with van der Waals surface area (Å²) in [5.74, 6) is 0.789. The maximum absolute atomic E-state index is 6.20. The van der Waals surface area contributed by atoms with Crippen molar-refractivity contribution in [1.82, 2.24) is 0 Å². The number of ether oxygens (including phenoxy) is 2. The largest absolute Gasteiger partial charge is 0.379 e. The average Bonchev–Trinajstić information content (AvgIpc) is 2.29. The van der Waals surface area contributed by atoms with Crippen molar-refractivity contribution in [3.8, 4) is 0 Å². The van der Waals surface area contributed by atoms with Crippen molar-refractivity contribution in [2.45, 2.75) is 64.1 Å². The molecule has 0 aromatic carbocycles. The van der Waals surface area contributed by atoms with Crippen LogP contribution in [0.2, 0.25) is 0 Å². The van der Waals surface area contributed by atoms with Gasteiger partial charge in [-0.05, 0) is 39.0 Å². The van der Waals surface area contributed by atoms with Gasteiger partial charge in [-0.2, -0.15) is 0 Å². The molecule has 1 fully saturated rings. The maximum atomic E-state index is 6.20. The van der Waals surface area contributed by atoms with Crippen LogP contribution in [0.25, 0.3) is 0 Å². The smallest absolute Gasteiger partial charge is 0.0781 e. The molecule has 0 aliphatic heterocycles.